The van der Waals surface area contributed by atoms with E-state index >= 15 is 0 Å². The molecule has 11 heteroatoms. The van der Waals surface area contributed by atoms with Crippen LogP contribution in [-0.2, 0) is 26.1 Å². The number of hydrogen-bond donors (Lipinski definition) is 2. The maximum Gasteiger partial charge on any atom is 0.340 e. The van der Waals surface area contributed by atoms with Crippen molar-refractivity contribution >= 4 is 33.4 Å². The summed E-state index contributed by atoms with van der Waals surface area (Å²) in [5, 5.41) is 12.2. The lowest BCUT2D eigenvalue weighted by Crippen LogP contribution is -2.23. The first-order valence-electron chi connectivity index (χ1n) is 9.76. The van der Waals surface area contributed by atoms with E-state index in [0.29, 0.717) is 23.4 Å². The number of carbonyl (C=O) groups excluding carboxylic acids is 2. The van der Waals surface area contributed by atoms with Crippen molar-refractivity contribution in [3.05, 3.63) is 70.8 Å². The molecular formula is C22H22N4O6S. The van der Waals surface area contributed by atoms with Crippen molar-refractivity contribution in [2.24, 2.45) is 0 Å². The molecule has 0 aliphatic rings. The second-order valence-electron chi connectivity index (χ2n) is 7.26. The van der Waals surface area contributed by atoms with Crippen molar-refractivity contribution in [1.82, 2.24) is 4.57 Å². The number of nitriles is 1. The van der Waals surface area contributed by atoms with Crippen LogP contribution in [0.25, 0.3) is 0 Å². The summed E-state index contributed by atoms with van der Waals surface area (Å²) in [6, 6.07) is 11.5. The number of furan rings is 1. The van der Waals surface area contributed by atoms with Gasteiger partial charge in [-0.15, -0.1) is 0 Å². The van der Waals surface area contributed by atoms with E-state index in [4.69, 9.17) is 9.15 Å². The van der Waals surface area contributed by atoms with Crippen LogP contribution in [0.15, 0.2) is 47.1 Å². The molecule has 0 radical (unpaired) electrons. The van der Waals surface area contributed by atoms with Gasteiger partial charge in [0.15, 0.2) is 6.61 Å². The minimum atomic E-state index is -3.62. The number of nitrogens with one attached hydrogen (secondary N) is 2. The van der Waals surface area contributed by atoms with E-state index in [1.807, 2.05) is 6.92 Å². The minimum Gasteiger partial charge on any atom is -0.467 e. The Kier molecular flexibility index (Phi) is 6.89. The average molecular weight is 471 g/mol. The van der Waals surface area contributed by atoms with Crippen LogP contribution in [-0.4, -0.2) is 37.7 Å². The predicted molar refractivity (Wildman–Crippen MR) is 120 cm³/mol. The molecule has 3 aromatic rings. The first-order chi connectivity index (χ1) is 15.6. The molecule has 0 saturated carbocycles. The number of nitrogens with zero attached hydrogens (tertiary/aromatic N) is 2. The van der Waals surface area contributed by atoms with Crippen LogP contribution < -0.4 is 10.0 Å². The van der Waals surface area contributed by atoms with Gasteiger partial charge in [0.1, 0.15) is 17.6 Å². The number of rotatable bonds is 8. The van der Waals surface area contributed by atoms with Crippen molar-refractivity contribution in [1.29, 1.82) is 5.26 Å². The van der Waals surface area contributed by atoms with Gasteiger partial charge in [0, 0.05) is 5.69 Å². The van der Waals surface area contributed by atoms with Crippen LogP contribution in [0.5, 0.6) is 0 Å². The molecule has 2 heterocycles. The first-order valence-corrected chi connectivity index (χ1v) is 11.7. The van der Waals surface area contributed by atoms with Crippen LogP contribution in [0.2, 0.25) is 0 Å². The number of esters is 1. The summed E-state index contributed by atoms with van der Waals surface area (Å²) in [5.41, 5.74) is 1.77. The van der Waals surface area contributed by atoms with E-state index < -0.39 is 28.5 Å². The largest absolute Gasteiger partial charge is 0.467 e. The predicted octanol–water partition coefficient (Wildman–Crippen LogP) is 2.78. The third kappa shape index (κ3) is 5.61. The number of carbonyl (C=O) groups is 2. The molecule has 0 spiro atoms. The zero-order valence-electron chi connectivity index (χ0n) is 18.2. The Morgan fingerprint density at radius 1 is 1.18 bits per heavy atom. The van der Waals surface area contributed by atoms with Crippen LogP contribution in [0, 0.1) is 25.2 Å². The van der Waals surface area contributed by atoms with E-state index in [2.05, 4.69) is 16.1 Å². The van der Waals surface area contributed by atoms with Crippen molar-refractivity contribution in [3.63, 3.8) is 0 Å². The molecule has 0 unspecified atom stereocenters. The van der Waals surface area contributed by atoms with Crippen molar-refractivity contribution in [2.45, 2.75) is 20.4 Å². The van der Waals surface area contributed by atoms with Crippen LogP contribution in [0.4, 0.5) is 11.5 Å². The van der Waals surface area contributed by atoms with E-state index in [1.54, 1.807) is 29.7 Å². The number of para-hydroxylation sites is 1. The maximum absolute atomic E-state index is 12.6. The number of benzene rings is 1. The molecule has 0 atom stereocenters. The van der Waals surface area contributed by atoms with Gasteiger partial charge in [-0.05, 0) is 43.7 Å². The first kappa shape index (κ1) is 23.6. The highest BCUT2D eigenvalue weighted by Crippen LogP contribution is 2.27. The SMILES string of the molecule is Cc1c(C#N)c(NC(=O)COC(=O)c2ccccc2NS(C)(=O)=O)n(Cc2ccco2)c1C. The molecule has 0 bridgehead atoms. The minimum absolute atomic E-state index is 0.0377. The lowest BCUT2D eigenvalue weighted by Gasteiger charge is -2.13. The van der Waals surface area contributed by atoms with Gasteiger partial charge >= 0.3 is 5.97 Å². The van der Waals surface area contributed by atoms with Gasteiger partial charge in [0.25, 0.3) is 5.91 Å². The summed E-state index contributed by atoms with van der Waals surface area (Å²) in [5.74, 6) is -0.638. The van der Waals surface area contributed by atoms with Crippen LogP contribution in [0.1, 0.15) is 32.9 Å². The Morgan fingerprint density at radius 3 is 2.55 bits per heavy atom. The smallest absolute Gasteiger partial charge is 0.340 e. The van der Waals surface area contributed by atoms with Gasteiger partial charge in [-0.2, -0.15) is 5.26 Å². The van der Waals surface area contributed by atoms with Gasteiger partial charge in [0.05, 0.1) is 35.9 Å². The zero-order valence-corrected chi connectivity index (χ0v) is 19.0. The standard InChI is InChI=1S/C22H22N4O6S/c1-14-15(2)26(12-16-7-6-10-31-16)21(18(14)11-23)24-20(27)13-32-22(28)17-8-4-5-9-19(17)25-33(3,29)30/h4-10,25H,12-13H2,1-3H3,(H,24,27). The maximum atomic E-state index is 12.6. The Hall–Kier alpha value is -4.04. The van der Waals surface area contributed by atoms with Gasteiger partial charge in [-0.1, -0.05) is 12.1 Å². The molecule has 1 amide bonds. The van der Waals surface area contributed by atoms with Crippen molar-refractivity contribution in [3.8, 4) is 6.07 Å². The number of hydrogen-bond acceptors (Lipinski definition) is 7. The average Bonchev–Trinajstić information content (AvgIpc) is 3.34. The number of anilines is 2. The van der Waals surface area contributed by atoms with E-state index in [9.17, 15) is 23.3 Å². The quantitative estimate of drug-likeness (QED) is 0.482. The third-order valence-corrected chi connectivity index (χ3v) is 5.46. The molecule has 172 valence electrons. The molecule has 3 rings (SSSR count). The Morgan fingerprint density at radius 2 is 1.91 bits per heavy atom. The normalized spacial score (nSPS) is 11.0. The topological polar surface area (TPSA) is 143 Å². The van der Waals surface area contributed by atoms with Gasteiger partial charge < -0.3 is 19.0 Å². The van der Waals surface area contributed by atoms with Crippen LogP contribution in [0.3, 0.4) is 0 Å². The van der Waals surface area contributed by atoms with E-state index in [1.165, 1.54) is 24.5 Å². The number of aromatic nitrogens is 1. The fourth-order valence-electron chi connectivity index (χ4n) is 3.21. The molecule has 1 aromatic carbocycles. The highest BCUT2D eigenvalue weighted by molar-refractivity contribution is 7.92. The molecule has 33 heavy (non-hydrogen) atoms. The van der Waals surface area contributed by atoms with Crippen molar-refractivity contribution in [2.75, 3.05) is 22.9 Å². The summed E-state index contributed by atoms with van der Waals surface area (Å²) in [7, 11) is -3.62. The number of sulfonamides is 1. The second kappa shape index (κ2) is 9.62. The van der Waals surface area contributed by atoms with E-state index in [0.717, 1.165) is 11.9 Å². The highest BCUT2D eigenvalue weighted by Gasteiger charge is 2.22. The molecular weight excluding hydrogens is 448 g/mol. The van der Waals surface area contributed by atoms with Gasteiger partial charge in [-0.25, -0.2) is 13.2 Å². The second-order valence-corrected chi connectivity index (χ2v) is 9.00. The summed E-state index contributed by atoms with van der Waals surface area (Å²) in [6.07, 6.45) is 2.48. The molecule has 2 aromatic heterocycles. The van der Waals surface area contributed by atoms with Gasteiger partial charge in [-0.3, -0.25) is 9.52 Å². The Bertz CT molecular complexity index is 1330. The molecule has 0 fully saturated rings. The summed E-state index contributed by atoms with van der Waals surface area (Å²) in [4.78, 5) is 25.0. The number of ether oxygens (including phenoxy) is 1. The molecule has 10 nitrogen and oxygen atoms in total. The molecule has 0 saturated heterocycles. The summed E-state index contributed by atoms with van der Waals surface area (Å²) >= 11 is 0. The fourth-order valence-corrected chi connectivity index (χ4v) is 3.79. The molecule has 0 aliphatic carbocycles. The summed E-state index contributed by atoms with van der Waals surface area (Å²) in [6.45, 7) is 3.25. The van der Waals surface area contributed by atoms with Crippen LogP contribution >= 0.6 is 0 Å². The fraction of sp³-hybridized carbons (Fsp3) is 0.227. The lowest BCUT2D eigenvalue weighted by atomic mass is 10.2. The third-order valence-electron chi connectivity index (χ3n) is 4.87. The van der Waals surface area contributed by atoms with E-state index in [-0.39, 0.29) is 17.1 Å². The monoisotopic (exact) mass is 470 g/mol. The van der Waals surface area contributed by atoms with Crippen molar-refractivity contribution < 1.29 is 27.2 Å². The zero-order chi connectivity index (χ0) is 24.2. The van der Waals surface area contributed by atoms with Gasteiger partial charge in [0.2, 0.25) is 10.0 Å². The summed E-state index contributed by atoms with van der Waals surface area (Å²) < 4.78 is 37.5. The lowest BCUT2D eigenvalue weighted by molar-refractivity contribution is -0.119. The molecule has 2 N–H and O–H groups in total. The number of amides is 1. The molecule has 0 aliphatic heterocycles. The Balaban J connectivity index is 1.75. The Labute approximate surface area is 190 Å². The highest BCUT2D eigenvalue weighted by atomic mass is 32.2.